The summed E-state index contributed by atoms with van der Waals surface area (Å²) in [6.07, 6.45) is 10.2. The lowest BCUT2D eigenvalue weighted by Crippen LogP contribution is -2.53. The lowest BCUT2D eigenvalue weighted by Gasteiger charge is -2.55. The quantitative estimate of drug-likeness (QED) is 0.471. The molecule has 34 heavy (non-hydrogen) atoms. The number of benzene rings is 1. The first kappa shape index (κ1) is 25.0. The molecule has 4 unspecified atom stereocenters. The minimum absolute atomic E-state index is 0.0567. The molecular formula is C29H43N3O2. The molecule has 2 aliphatic rings. The molecule has 0 radical (unpaired) electrons. The van der Waals surface area contributed by atoms with Gasteiger partial charge in [-0.05, 0) is 71.5 Å². The van der Waals surface area contributed by atoms with Crippen molar-refractivity contribution in [2.75, 3.05) is 6.54 Å². The van der Waals surface area contributed by atoms with E-state index in [-0.39, 0.29) is 22.8 Å². The zero-order valence-corrected chi connectivity index (χ0v) is 21.7. The smallest absolute Gasteiger partial charge is 0.273 e. The first-order chi connectivity index (χ1) is 16.2. The van der Waals surface area contributed by atoms with Crippen molar-refractivity contribution >= 4 is 5.91 Å². The largest absolute Gasteiger partial charge is 0.446 e. The van der Waals surface area contributed by atoms with Crippen LogP contribution >= 0.6 is 0 Å². The van der Waals surface area contributed by atoms with E-state index in [4.69, 9.17) is 10.2 Å². The number of aromatic nitrogens is 1. The second-order valence-electron chi connectivity index (χ2n) is 11.6. The van der Waals surface area contributed by atoms with Gasteiger partial charge in [0.15, 0.2) is 5.69 Å². The van der Waals surface area contributed by atoms with E-state index >= 15 is 0 Å². The van der Waals surface area contributed by atoms with E-state index < -0.39 is 0 Å². The molecule has 1 saturated carbocycles. The van der Waals surface area contributed by atoms with Gasteiger partial charge in [-0.2, -0.15) is 0 Å². The normalized spacial score (nSPS) is 27.2. The van der Waals surface area contributed by atoms with E-state index in [9.17, 15) is 4.79 Å². The summed E-state index contributed by atoms with van der Waals surface area (Å²) >= 11 is 0. The number of hydrogen-bond donors (Lipinski definition) is 2. The molecule has 3 N–H and O–H groups in total. The Kier molecular flexibility index (Phi) is 7.23. The number of nitrogens with zero attached hydrogens (tertiary/aromatic N) is 1. The van der Waals surface area contributed by atoms with Crippen LogP contribution in [0.15, 0.2) is 28.9 Å². The molecule has 0 saturated heterocycles. The highest BCUT2D eigenvalue weighted by molar-refractivity contribution is 5.91. The van der Waals surface area contributed by atoms with Crippen LogP contribution in [-0.4, -0.2) is 17.4 Å². The van der Waals surface area contributed by atoms with E-state index in [1.807, 2.05) is 0 Å². The third-order valence-corrected chi connectivity index (χ3v) is 8.76. The molecule has 1 fully saturated rings. The van der Waals surface area contributed by atoms with Crippen molar-refractivity contribution in [1.29, 1.82) is 0 Å². The Balaban J connectivity index is 1.47. The van der Waals surface area contributed by atoms with Crippen LogP contribution in [0.5, 0.6) is 0 Å². The van der Waals surface area contributed by atoms with Crippen LogP contribution in [0, 0.1) is 11.3 Å². The van der Waals surface area contributed by atoms with Crippen molar-refractivity contribution < 1.29 is 9.21 Å². The Hall–Kier alpha value is -2.14. The lowest BCUT2D eigenvalue weighted by atomic mass is 9.49. The molecule has 1 aromatic heterocycles. The Morgan fingerprint density at radius 3 is 2.82 bits per heavy atom. The molecule has 1 aromatic carbocycles. The minimum atomic E-state index is -0.253. The van der Waals surface area contributed by atoms with Crippen LogP contribution in [0.25, 0.3) is 0 Å². The number of unbranched alkanes of at least 4 members (excludes halogenated alkanes) is 1. The van der Waals surface area contributed by atoms with Gasteiger partial charge in [-0.25, -0.2) is 4.98 Å². The fourth-order valence-electron chi connectivity index (χ4n) is 6.70. The fraction of sp³-hybridized carbons (Fsp3) is 0.655. The molecule has 1 heterocycles. The van der Waals surface area contributed by atoms with Gasteiger partial charge in [0.25, 0.3) is 5.91 Å². The number of rotatable bonds is 8. The van der Waals surface area contributed by atoms with E-state index in [1.54, 1.807) is 0 Å². The van der Waals surface area contributed by atoms with Gasteiger partial charge < -0.3 is 15.5 Å². The third-order valence-electron chi connectivity index (χ3n) is 8.76. The maximum atomic E-state index is 12.9. The van der Waals surface area contributed by atoms with Crippen LogP contribution in [-0.2, 0) is 11.8 Å². The Labute approximate surface area is 205 Å². The second kappa shape index (κ2) is 9.85. The van der Waals surface area contributed by atoms with Crippen LogP contribution in [0.4, 0.5) is 0 Å². The van der Waals surface area contributed by atoms with Crippen molar-refractivity contribution in [1.82, 2.24) is 10.3 Å². The standard InChI is InChI=1S/C29H43N3O2/c1-6-7-9-23(30)27-32-24(17-34-27)26(33)31-18-28(4)14-8-15-29(5)22-12-10-20(19(2)3)16-21(22)11-13-25(28)29/h10,12,16-17,19,23,25H,6-9,11,13-15,18,30H2,1-5H3,(H,31,33). The number of nitrogens with one attached hydrogen (secondary N) is 1. The molecule has 1 amide bonds. The average molecular weight is 466 g/mol. The summed E-state index contributed by atoms with van der Waals surface area (Å²) in [5.41, 5.74) is 11.2. The Bertz CT molecular complexity index is 1010. The fourth-order valence-corrected chi connectivity index (χ4v) is 6.70. The van der Waals surface area contributed by atoms with Crippen molar-refractivity contribution in [2.45, 2.75) is 103 Å². The van der Waals surface area contributed by atoms with Crippen molar-refractivity contribution in [3.63, 3.8) is 0 Å². The average Bonchev–Trinajstić information content (AvgIpc) is 3.31. The predicted molar refractivity (Wildman–Crippen MR) is 137 cm³/mol. The van der Waals surface area contributed by atoms with Crippen LogP contribution < -0.4 is 11.1 Å². The summed E-state index contributed by atoms with van der Waals surface area (Å²) in [5.74, 6) is 1.39. The molecule has 4 rings (SSSR count). The summed E-state index contributed by atoms with van der Waals surface area (Å²) in [5, 5.41) is 3.20. The maximum absolute atomic E-state index is 12.9. The number of carbonyl (C=O) groups excluding carboxylic acids is 1. The molecule has 5 nitrogen and oxygen atoms in total. The van der Waals surface area contributed by atoms with Gasteiger partial charge in [-0.1, -0.05) is 72.1 Å². The molecule has 2 aromatic rings. The van der Waals surface area contributed by atoms with E-state index in [0.29, 0.717) is 30.0 Å². The molecule has 0 spiro atoms. The van der Waals surface area contributed by atoms with Gasteiger partial charge in [0, 0.05) is 6.54 Å². The summed E-state index contributed by atoms with van der Waals surface area (Å²) in [6.45, 7) is 12.2. The van der Waals surface area contributed by atoms with Gasteiger partial charge in [-0.3, -0.25) is 4.79 Å². The van der Waals surface area contributed by atoms with Crippen LogP contribution in [0.2, 0.25) is 0 Å². The van der Waals surface area contributed by atoms with Gasteiger partial charge in [0.05, 0.1) is 6.04 Å². The topological polar surface area (TPSA) is 81.1 Å². The number of carbonyl (C=O) groups is 1. The number of hydrogen-bond acceptors (Lipinski definition) is 4. The highest BCUT2D eigenvalue weighted by atomic mass is 16.3. The molecule has 186 valence electrons. The van der Waals surface area contributed by atoms with E-state index in [1.165, 1.54) is 42.2 Å². The highest BCUT2D eigenvalue weighted by Crippen LogP contribution is 2.57. The predicted octanol–water partition coefficient (Wildman–Crippen LogP) is 6.43. The molecular weight excluding hydrogens is 422 g/mol. The zero-order chi connectivity index (χ0) is 24.5. The van der Waals surface area contributed by atoms with Gasteiger partial charge in [0.1, 0.15) is 6.26 Å². The Morgan fingerprint density at radius 1 is 1.29 bits per heavy atom. The van der Waals surface area contributed by atoms with Crippen molar-refractivity contribution in [3.05, 3.63) is 52.7 Å². The van der Waals surface area contributed by atoms with Crippen molar-refractivity contribution in [3.8, 4) is 0 Å². The lowest BCUT2D eigenvalue weighted by molar-refractivity contribution is 0.0254. The highest BCUT2D eigenvalue weighted by Gasteiger charge is 2.51. The number of aryl methyl sites for hydroxylation is 1. The number of oxazole rings is 1. The molecule has 4 atom stereocenters. The first-order valence-corrected chi connectivity index (χ1v) is 13.3. The first-order valence-electron chi connectivity index (χ1n) is 13.3. The summed E-state index contributed by atoms with van der Waals surface area (Å²) in [6, 6.07) is 6.93. The van der Waals surface area contributed by atoms with E-state index in [0.717, 1.165) is 32.1 Å². The monoisotopic (exact) mass is 465 g/mol. The third kappa shape index (κ3) is 4.68. The zero-order valence-electron chi connectivity index (χ0n) is 21.7. The summed E-state index contributed by atoms with van der Waals surface area (Å²) < 4.78 is 5.53. The van der Waals surface area contributed by atoms with Crippen LogP contribution in [0.1, 0.15) is 125 Å². The number of nitrogens with two attached hydrogens (primary N) is 1. The molecule has 5 heteroatoms. The molecule has 2 aliphatic carbocycles. The van der Waals surface area contributed by atoms with Gasteiger partial charge in [-0.15, -0.1) is 0 Å². The van der Waals surface area contributed by atoms with Crippen LogP contribution in [0.3, 0.4) is 0 Å². The van der Waals surface area contributed by atoms with Gasteiger partial charge >= 0.3 is 0 Å². The summed E-state index contributed by atoms with van der Waals surface area (Å²) in [7, 11) is 0. The van der Waals surface area contributed by atoms with E-state index in [2.05, 4.69) is 63.1 Å². The van der Waals surface area contributed by atoms with Crippen molar-refractivity contribution in [2.24, 2.45) is 17.1 Å². The molecule has 0 aliphatic heterocycles. The SMILES string of the molecule is CCCCC(N)c1nc(C(=O)NCC2(C)CCCC3(C)c4ccc(C(C)C)cc4CCC23)co1. The maximum Gasteiger partial charge on any atom is 0.273 e. The number of fused-ring (bicyclic) bond motifs is 3. The molecule has 0 bridgehead atoms. The summed E-state index contributed by atoms with van der Waals surface area (Å²) in [4.78, 5) is 17.3. The minimum Gasteiger partial charge on any atom is -0.446 e. The Morgan fingerprint density at radius 2 is 2.09 bits per heavy atom. The van der Waals surface area contributed by atoms with Gasteiger partial charge in [0.2, 0.25) is 5.89 Å². The second-order valence-corrected chi connectivity index (χ2v) is 11.6. The number of amides is 1.